The van der Waals surface area contributed by atoms with Gasteiger partial charge in [0.25, 0.3) is 5.91 Å². The molecule has 0 bridgehead atoms. The number of nitrogens with one attached hydrogen (secondary N) is 1. The molecule has 0 aromatic heterocycles. The van der Waals surface area contributed by atoms with Crippen molar-refractivity contribution in [2.75, 3.05) is 32.7 Å². The Morgan fingerprint density at radius 3 is 2.31 bits per heavy atom. The molecule has 4 aromatic rings. The minimum Gasteiger partial charge on any atom is -0.351 e. The highest BCUT2D eigenvalue weighted by atomic mass is 35.5. The van der Waals surface area contributed by atoms with Crippen LogP contribution in [0.1, 0.15) is 39.9 Å². The number of rotatable bonds is 12. The summed E-state index contributed by atoms with van der Waals surface area (Å²) in [7, 11) is 0. The molecule has 0 radical (unpaired) electrons. The van der Waals surface area contributed by atoms with E-state index >= 15 is 0 Å². The summed E-state index contributed by atoms with van der Waals surface area (Å²) in [5.74, 6) is -0.0490. The van der Waals surface area contributed by atoms with Crippen LogP contribution in [-0.2, 0) is 24.2 Å². The predicted octanol–water partition coefficient (Wildman–Crippen LogP) is 6.63. The van der Waals surface area contributed by atoms with Crippen LogP contribution in [0.3, 0.4) is 0 Å². The van der Waals surface area contributed by atoms with Gasteiger partial charge in [0.05, 0.1) is 16.5 Å². The van der Waals surface area contributed by atoms with Crippen LogP contribution in [0.4, 0.5) is 0 Å². The van der Waals surface area contributed by atoms with E-state index in [9.17, 15) is 9.59 Å². The largest absolute Gasteiger partial charge is 0.351 e. The molecule has 1 fully saturated rings. The van der Waals surface area contributed by atoms with E-state index in [0.29, 0.717) is 41.7 Å². The van der Waals surface area contributed by atoms with Crippen molar-refractivity contribution in [1.29, 1.82) is 0 Å². The normalized spacial score (nSPS) is 13.8. The molecule has 1 saturated heterocycles. The number of likely N-dealkylation sites (tertiary alicyclic amines) is 1. The number of benzene rings is 4. The van der Waals surface area contributed by atoms with Gasteiger partial charge in [-0.2, -0.15) is 0 Å². The molecule has 3 N–H and O–H groups in total. The van der Waals surface area contributed by atoms with Gasteiger partial charge >= 0.3 is 0 Å². The summed E-state index contributed by atoms with van der Waals surface area (Å²) in [6, 6.07) is 32.0. The Morgan fingerprint density at radius 2 is 1.56 bits per heavy atom. The van der Waals surface area contributed by atoms with E-state index in [4.69, 9.17) is 28.9 Å². The van der Waals surface area contributed by atoms with Crippen LogP contribution < -0.4 is 11.1 Å². The van der Waals surface area contributed by atoms with Gasteiger partial charge in [0.15, 0.2) is 0 Å². The van der Waals surface area contributed by atoms with Crippen molar-refractivity contribution in [3.05, 3.63) is 129 Å². The molecule has 2 amide bonds. The van der Waals surface area contributed by atoms with Gasteiger partial charge in [-0.05, 0) is 65.3 Å². The molecule has 0 saturated carbocycles. The zero-order valence-corrected chi connectivity index (χ0v) is 26.9. The second-order valence-corrected chi connectivity index (χ2v) is 12.4. The summed E-state index contributed by atoms with van der Waals surface area (Å²) in [6.07, 6.45) is 2.82. The summed E-state index contributed by atoms with van der Waals surface area (Å²) >= 11 is 12.4. The van der Waals surface area contributed by atoms with E-state index in [2.05, 4.69) is 51.5 Å². The third kappa shape index (κ3) is 8.95. The smallest absolute Gasteiger partial charge is 0.251 e. The summed E-state index contributed by atoms with van der Waals surface area (Å²) in [6.45, 7) is 4.21. The maximum Gasteiger partial charge on any atom is 0.251 e. The number of hydrogen-bond donors (Lipinski definition) is 2. The molecule has 5 rings (SSSR count). The molecule has 6 nitrogen and oxygen atoms in total. The molecule has 0 aliphatic carbocycles. The molecule has 1 heterocycles. The average molecular weight is 644 g/mol. The highest BCUT2D eigenvalue weighted by molar-refractivity contribution is 6.42. The molecular weight excluding hydrogens is 603 g/mol. The molecule has 1 aliphatic rings. The highest BCUT2D eigenvalue weighted by Crippen LogP contribution is 2.27. The summed E-state index contributed by atoms with van der Waals surface area (Å²) in [5.41, 5.74) is 11.3. The maximum absolute atomic E-state index is 13.9. The van der Waals surface area contributed by atoms with Crippen LogP contribution in [0.15, 0.2) is 97.1 Å². The minimum absolute atomic E-state index is 0.0907. The molecule has 8 heteroatoms. The standard InChI is InChI=1S/C37H40Cl2N4O2/c38-34-14-13-29(24-35(34)39)25-36(44)43(31-16-20-42(21-17-31)26-28-7-2-1-3-8-28)22-15-27-9-6-10-30(23-27)32-11-4-5-12-33(32)37(45)41-19-18-40/h1-14,23-24,31H,15-22,25-26,40H2,(H,41,45). The second-order valence-electron chi connectivity index (χ2n) is 11.5. The fourth-order valence-electron chi connectivity index (χ4n) is 6.03. The van der Waals surface area contributed by atoms with E-state index in [0.717, 1.165) is 54.7 Å². The molecule has 1 aliphatic heterocycles. The number of nitrogens with zero attached hydrogens (tertiary/aromatic N) is 2. The van der Waals surface area contributed by atoms with Gasteiger partial charge in [-0.3, -0.25) is 14.5 Å². The van der Waals surface area contributed by atoms with Gasteiger partial charge < -0.3 is 16.0 Å². The zero-order valence-electron chi connectivity index (χ0n) is 25.4. The lowest BCUT2D eigenvalue weighted by molar-refractivity contribution is -0.133. The van der Waals surface area contributed by atoms with Crippen molar-refractivity contribution in [2.24, 2.45) is 5.73 Å². The van der Waals surface area contributed by atoms with E-state index in [1.807, 2.05) is 48.5 Å². The van der Waals surface area contributed by atoms with E-state index < -0.39 is 0 Å². The quantitative estimate of drug-likeness (QED) is 0.182. The highest BCUT2D eigenvalue weighted by Gasteiger charge is 2.28. The number of piperidine rings is 1. The summed E-state index contributed by atoms with van der Waals surface area (Å²) in [5, 5.41) is 3.81. The molecule has 234 valence electrons. The lowest BCUT2D eigenvalue weighted by Gasteiger charge is -2.39. The lowest BCUT2D eigenvalue weighted by atomic mass is 9.96. The van der Waals surface area contributed by atoms with Crippen LogP contribution in [0.25, 0.3) is 11.1 Å². The van der Waals surface area contributed by atoms with Crippen LogP contribution in [-0.4, -0.2) is 60.4 Å². The lowest BCUT2D eigenvalue weighted by Crippen LogP contribution is -2.48. The number of hydrogen-bond acceptors (Lipinski definition) is 4. The first-order valence-corrected chi connectivity index (χ1v) is 16.3. The number of nitrogens with two attached hydrogens (primary N) is 1. The van der Waals surface area contributed by atoms with Crippen LogP contribution in [0, 0.1) is 0 Å². The Balaban J connectivity index is 1.31. The Kier molecular flexibility index (Phi) is 11.7. The van der Waals surface area contributed by atoms with Gasteiger partial charge in [-0.25, -0.2) is 0 Å². The fraction of sp³-hybridized carbons (Fsp3) is 0.297. The number of carbonyl (C=O) groups is 2. The Morgan fingerprint density at radius 1 is 0.822 bits per heavy atom. The Bertz CT molecular complexity index is 1590. The fourth-order valence-corrected chi connectivity index (χ4v) is 6.35. The first-order chi connectivity index (χ1) is 21.9. The first kappa shape index (κ1) is 32.7. The van der Waals surface area contributed by atoms with Crippen LogP contribution in [0.5, 0.6) is 0 Å². The van der Waals surface area contributed by atoms with E-state index in [-0.39, 0.29) is 24.3 Å². The average Bonchev–Trinajstić information content (AvgIpc) is 3.07. The monoisotopic (exact) mass is 642 g/mol. The van der Waals surface area contributed by atoms with Crippen molar-refractivity contribution >= 4 is 35.0 Å². The summed E-state index contributed by atoms with van der Waals surface area (Å²) < 4.78 is 0. The third-order valence-electron chi connectivity index (χ3n) is 8.39. The third-order valence-corrected chi connectivity index (χ3v) is 9.13. The minimum atomic E-state index is -0.140. The van der Waals surface area contributed by atoms with Crippen molar-refractivity contribution in [2.45, 2.75) is 38.3 Å². The van der Waals surface area contributed by atoms with Crippen molar-refractivity contribution < 1.29 is 9.59 Å². The van der Waals surface area contributed by atoms with Crippen molar-refractivity contribution in [3.63, 3.8) is 0 Å². The maximum atomic E-state index is 13.9. The van der Waals surface area contributed by atoms with E-state index in [1.165, 1.54) is 5.56 Å². The molecule has 0 atom stereocenters. The van der Waals surface area contributed by atoms with Gasteiger partial charge in [0.1, 0.15) is 0 Å². The number of halogens is 2. The van der Waals surface area contributed by atoms with Gasteiger partial charge in [0.2, 0.25) is 5.91 Å². The topological polar surface area (TPSA) is 78.7 Å². The van der Waals surface area contributed by atoms with Crippen LogP contribution >= 0.6 is 23.2 Å². The van der Waals surface area contributed by atoms with Gasteiger partial charge in [-0.15, -0.1) is 0 Å². The molecule has 0 unspecified atom stereocenters. The Labute approximate surface area is 276 Å². The number of amides is 2. The Hall–Kier alpha value is -3.68. The molecule has 45 heavy (non-hydrogen) atoms. The van der Waals surface area contributed by atoms with Gasteiger partial charge in [-0.1, -0.05) is 102 Å². The van der Waals surface area contributed by atoms with Crippen LogP contribution in [0.2, 0.25) is 10.0 Å². The predicted molar refractivity (Wildman–Crippen MR) is 184 cm³/mol. The number of carbonyl (C=O) groups excluding carboxylic acids is 2. The molecular formula is C37H40Cl2N4O2. The first-order valence-electron chi connectivity index (χ1n) is 15.6. The second kappa shape index (κ2) is 16.1. The van der Waals surface area contributed by atoms with E-state index in [1.54, 1.807) is 12.1 Å². The van der Waals surface area contributed by atoms with Crippen molar-refractivity contribution in [1.82, 2.24) is 15.1 Å². The SMILES string of the molecule is NCCNC(=O)c1ccccc1-c1cccc(CCN(C(=O)Cc2ccc(Cl)c(Cl)c2)C2CCN(Cc3ccccc3)CC2)c1. The summed E-state index contributed by atoms with van der Waals surface area (Å²) in [4.78, 5) is 31.3. The molecule has 0 spiro atoms. The van der Waals surface area contributed by atoms with Gasteiger partial charge in [0, 0.05) is 50.9 Å². The zero-order chi connectivity index (χ0) is 31.6. The van der Waals surface area contributed by atoms with Crippen molar-refractivity contribution in [3.8, 4) is 11.1 Å². The molecule has 4 aromatic carbocycles.